The van der Waals surface area contributed by atoms with Gasteiger partial charge in [0.05, 0.1) is 10.5 Å². The van der Waals surface area contributed by atoms with Crippen LogP contribution in [-0.2, 0) is 0 Å². The Kier molecular flexibility index (Phi) is 3.76. The lowest BCUT2D eigenvalue weighted by Gasteiger charge is -2.05. The Balaban J connectivity index is 2.68. The molecule has 0 aliphatic rings. The van der Waals surface area contributed by atoms with Crippen LogP contribution in [0.1, 0.15) is 0 Å². The van der Waals surface area contributed by atoms with Crippen LogP contribution >= 0.6 is 34.8 Å². The molecule has 92 valence electrons. The van der Waals surface area contributed by atoms with E-state index in [1.165, 1.54) is 18.2 Å². The summed E-state index contributed by atoms with van der Waals surface area (Å²) in [5.41, 5.74) is 0.899. The van der Waals surface area contributed by atoms with Gasteiger partial charge in [0.15, 0.2) is 0 Å². The van der Waals surface area contributed by atoms with Crippen molar-refractivity contribution in [3.05, 3.63) is 61.6 Å². The highest BCUT2D eigenvalue weighted by Crippen LogP contribution is 2.35. The topological polar surface area (TPSA) is 43.1 Å². The van der Waals surface area contributed by atoms with E-state index in [9.17, 15) is 10.1 Å². The van der Waals surface area contributed by atoms with Gasteiger partial charge in [0, 0.05) is 21.1 Å². The Hall–Kier alpha value is -1.29. The zero-order valence-electron chi connectivity index (χ0n) is 8.86. The predicted molar refractivity (Wildman–Crippen MR) is 73.6 cm³/mol. The Morgan fingerprint density at radius 3 is 2.06 bits per heavy atom. The van der Waals surface area contributed by atoms with Crippen LogP contribution in [0.15, 0.2) is 36.4 Å². The zero-order chi connectivity index (χ0) is 13.3. The summed E-state index contributed by atoms with van der Waals surface area (Å²) >= 11 is 17.6. The van der Waals surface area contributed by atoms with Gasteiger partial charge in [0.1, 0.15) is 0 Å². The molecular formula is C12H6Cl3NO2. The van der Waals surface area contributed by atoms with Crippen LogP contribution in [-0.4, -0.2) is 4.92 Å². The van der Waals surface area contributed by atoms with Gasteiger partial charge in [-0.15, -0.1) is 0 Å². The average Bonchev–Trinajstić information content (AvgIpc) is 2.27. The van der Waals surface area contributed by atoms with Crippen molar-refractivity contribution in [2.24, 2.45) is 0 Å². The summed E-state index contributed by atoms with van der Waals surface area (Å²) in [4.78, 5) is 10.5. The maximum atomic E-state index is 11.0. The molecule has 3 nitrogen and oxygen atoms in total. The number of nitrogens with zero attached hydrogens (tertiary/aromatic N) is 1. The summed E-state index contributed by atoms with van der Waals surface area (Å²) in [6.45, 7) is 0. The lowest BCUT2D eigenvalue weighted by molar-refractivity contribution is -0.384. The fourth-order valence-corrected chi connectivity index (χ4v) is 2.31. The van der Waals surface area contributed by atoms with Gasteiger partial charge in [0.25, 0.3) is 5.69 Å². The van der Waals surface area contributed by atoms with E-state index in [2.05, 4.69) is 0 Å². The Bertz CT molecular complexity index is 608. The van der Waals surface area contributed by atoms with Crippen LogP contribution in [0.4, 0.5) is 5.69 Å². The van der Waals surface area contributed by atoms with E-state index in [0.717, 1.165) is 0 Å². The molecule has 0 aliphatic carbocycles. The molecular weight excluding hydrogens is 296 g/mol. The van der Waals surface area contributed by atoms with Gasteiger partial charge in [-0.05, 0) is 35.9 Å². The van der Waals surface area contributed by atoms with Gasteiger partial charge in [-0.2, -0.15) is 0 Å². The van der Waals surface area contributed by atoms with Crippen LogP contribution < -0.4 is 0 Å². The van der Waals surface area contributed by atoms with Gasteiger partial charge >= 0.3 is 0 Å². The molecule has 0 atom stereocenters. The van der Waals surface area contributed by atoms with Crippen LogP contribution in [0.3, 0.4) is 0 Å². The van der Waals surface area contributed by atoms with Crippen molar-refractivity contribution in [2.75, 3.05) is 0 Å². The van der Waals surface area contributed by atoms with Gasteiger partial charge in [-0.25, -0.2) is 0 Å². The minimum atomic E-state index is -0.472. The number of nitro groups is 1. The van der Waals surface area contributed by atoms with Gasteiger partial charge in [-0.1, -0.05) is 34.8 Å². The quantitative estimate of drug-likeness (QED) is 0.563. The number of hydrogen-bond acceptors (Lipinski definition) is 2. The van der Waals surface area contributed by atoms with Crippen molar-refractivity contribution in [3.8, 4) is 11.1 Å². The minimum Gasteiger partial charge on any atom is -0.258 e. The first-order valence-electron chi connectivity index (χ1n) is 4.88. The fraction of sp³-hybridized carbons (Fsp3) is 0. The van der Waals surface area contributed by atoms with E-state index in [4.69, 9.17) is 34.8 Å². The predicted octanol–water partition coefficient (Wildman–Crippen LogP) is 5.22. The van der Waals surface area contributed by atoms with Crippen molar-refractivity contribution >= 4 is 40.5 Å². The summed E-state index contributed by atoms with van der Waals surface area (Å²) in [7, 11) is 0. The molecule has 2 aromatic carbocycles. The summed E-state index contributed by atoms with van der Waals surface area (Å²) in [5.74, 6) is 0. The molecule has 0 spiro atoms. The number of hydrogen-bond donors (Lipinski definition) is 0. The molecule has 0 heterocycles. The molecule has 0 unspecified atom stereocenters. The maximum absolute atomic E-state index is 11.0. The summed E-state index contributed by atoms with van der Waals surface area (Å²) in [6, 6.07) is 9.10. The van der Waals surface area contributed by atoms with Crippen molar-refractivity contribution in [2.45, 2.75) is 0 Å². The average molecular weight is 303 g/mol. The molecule has 2 rings (SSSR count). The van der Waals surface area contributed by atoms with Crippen LogP contribution in [0.2, 0.25) is 15.1 Å². The number of nitro benzene ring substituents is 1. The van der Waals surface area contributed by atoms with Crippen LogP contribution in [0.5, 0.6) is 0 Å². The molecule has 6 heteroatoms. The number of rotatable bonds is 2. The molecule has 0 fully saturated rings. The second-order valence-electron chi connectivity index (χ2n) is 3.58. The molecule has 18 heavy (non-hydrogen) atoms. The van der Waals surface area contributed by atoms with E-state index >= 15 is 0 Å². The highest BCUT2D eigenvalue weighted by Gasteiger charge is 2.16. The smallest absolute Gasteiger partial charge is 0.258 e. The highest BCUT2D eigenvalue weighted by atomic mass is 35.5. The molecule has 0 saturated heterocycles. The zero-order valence-corrected chi connectivity index (χ0v) is 11.1. The van der Waals surface area contributed by atoms with Crippen LogP contribution in [0.25, 0.3) is 11.1 Å². The Morgan fingerprint density at radius 2 is 1.50 bits per heavy atom. The highest BCUT2D eigenvalue weighted by molar-refractivity contribution is 6.35. The molecule has 0 N–H and O–H groups in total. The normalized spacial score (nSPS) is 10.4. The van der Waals surface area contributed by atoms with Crippen molar-refractivity contribution in [1.29, 1.82) is 0 Å². The van der Waals surface area contributed by atoms with E-state index in [1.54, 1.807) is 18.2 Å². The SMILES string of the molecule is O=[N+]([O-])c1ccc(Cl)cc1-c1cc(Cl)cc(Cl)c1. The first kappa shape index (κ1) is 13.1. The third kappa shape index (κ3) is 2.75. The van der Waals surface area contributed by atoms with Crippen molar-refractivity contribution < 1.29 is 4.92 Å². The monoisotopic (exact) mass is 301 g/mol. The maximum Gasteiger partial charge on any atom is 0.277 e. The third-order valence-corrected chi connectivity index (χ3v) is 3.00. The molecule has 0 saturated carbocycles. The van der Waals surface area contributed by atoms with E-state index in [-0.39, 0.29) is 5.69 Å². The lowest BCUT2D eigenvalue weighted by atomic mass is 10.0. The van der Waals surface area contributed by atoms with E-state index in [0.29, 0.717) is 26.2 Å². The standard InChI is InChI=1S/C12H6Cl3NO2/c13-8-1-2-12(16(17)18)11(6-8)7-3-9(14)5-10(15)4-7/h1-6H. The second-order valence-corrected chi connectivity index (χ2v) is 4.89. The Labute approximate surface area is 118 Å². The first-order chi connectivity index (χ1) is 8.47. The molecule has 0 bridgehead atoms. The summed E-state index contributed by atoms with van der Waals surface area (Å²) < 4.78 is 0. The van der Waals surface area contributed by atoms with Crippen molar-refractivity contribution in [1.82, 2.24) is 0 Å². The second kappa shape index (κ2) is 5.14. The lowest BCUT2D eigenvalue weighted by Crippen LogP contribution is -1.92. The molecule has 0 amide bonds. The minimum absolute atomic E-state index is 0.0438. The Morgan fingerprint density at radius 1 is 0.889 bits per heavy atom. The van der Waals surface area contributed by atoms with Gasteiger partial charge in [0.2, 0.25) is 0 Å². The molecule has 0 aromatic heterocycles. The van der Waals surface area contributed by atoms with Crippen molar-refractivity contribution in [3.63, 3.8) is 0 Å². The molecule has 0 aliphatic heterocycles. The summed E-state index contributed by atoms with van der Waals surface area (Å²) in [6.07, 6.45) is 0. The number of benzene rings is 2. The summed E-state index contributed by atoms with van der Waals surface area (Å²) in [5, 5.41) is 12.2. The van der Waals surface area contributed by atoms with E-state index < -0.39 is 4.92 Å². The molecule has 2 aromatic rings. The van der Waals surface area contributed by atoms with Gasteiger partial charge < -0.3 is 0 Å². The molecule has 0 radical (unpaired) electrons. The van der Waals surface area contributed by atoms with Crippen LogP contribution in [0, 0.1) is 10.1 Å². The first-order valence-corrected chi connectivity index (χ1v) is 6.01. The number of halogens is 3. The largest absolute Gasteiger partial charge is 0.277 e. The third-order valence-electron chi connectivity index (χ3n) is 2.33. The van der Waals surface area contributed by atoms with Gasteiger partial charge in [-0.3, -0.25) is 10.1 Å². The fourth-order valence-electron chi connectivity index (χ4n) is 1.61. The van der Waals surface area contributed by atoms with E-state index in [1.807, 2.05) is 0 Å².